The van der Waals surface area contributed by atoms with Crippen LogP contribution in [0.25, 0.3) is 18.8 Å². The first-order chi connectivity index (χ1) is 28.4. The Morgan fingerprint density at radius 3 is 2.49 bits per heavy atom. The number of hydrogen-bond acceptors (Lipinski definition) is 13. The molecule has 5 aromatic heterocycles. The molecule has 0 saturated carbocycles. The highest BCUT2D eigenvalue weighted by Gasteiger charge is 2.38. The molecule has 1 saturated heterocycles. The summed E-state index contributed by atoms with van der Waals surface area (Å²) in [6.07, 6.45) is -2.23. The molecular formula is C41H42F3N5O6S4. The number of amides is 2. The van der Waals surface area contributed by atoms with E-state index in [0.29, 0.717) is 30.9 Å². The largest absolute Gasteiger partial charge is 0.490 e. The summed E-state index contributed by atoms with van der Waals surface area (Å²) in [5, 5.41) is 33.5. The third kappa shape index (κ3) is 11.3. The van der Waals surface area contributed by atoms with Crippen molar-refractivity contribution in [3.8, 4) is 5.75 Å². The minimum absolute atomic E-state index is 0.00469. The molecule has 0 radical (unpaired) electrons. The molecule has 5 atom stereocenters. The van der Waals surface area contributed by atoms with E-state index < -0.39 is 48.8 Å². The van der Waals surface area contributed by atoms with Gasteiger partial charge in [-0.3, -0.25) is 29.2 Å². The number of halogens is 3. The van der Waals surface area contributed by atoms with Gasteiger partial charge in [0.2, 0.25) is 11.8 Å². The maximum atomic E-state index is 13.8. The van der Waals surface area contributed by atoms with Crippen LogP contribution in [0.1, 0.15) is 38.1 Å². The molecule has 1 fully saturated rings. The number of alkyl halides is 3. The normalized spacial score (nSPS) is 19.6. The number of benzene rings is 1. The number of thiophene rings is 4. The monoisotopic (exact) mass is 885 g/mol. The van der Waals surface area contributed by atoms with Crippen molar-refractivity contribution < 1.29 is 42.5 Å². The summed E-state index contributed by atoms with van der Waals surface area (Å²) in [6.45, 7) is 0.156. The Bertz CT molecular complexity index is 2270. The molecule has 11 nitrogen and oxygen atoms in total. The zero-order valence-electron chi connectivity index (χ0n) is 31.5. The van der Waals surface area contributed by atoms with Gasteiger partial charge in [-0.1, -0.05) is 24.3 Å². The number of carbonyl (C=O) groups excluding carboxylic acids is 3. The lowest BCUT2D eigenvalue weighted by Gasteiger charge is -2.41. The fourth-order valence-corrected chi connectivity index (χ4v) is 11.4. The highest BCUT2D eigenvalue weighted by molar-refractivity contribution is 7.38. The summed E-state index contributed by atoms with van der Waals surface area (Å²) in [7, 11) is 0. The van der Waals surface area contributed by atoms with Gasteiger partial charge in [0, 0.05) is 72.2 Å². The number of aliphatic hydroxyl groups is 2. The Morgan fingerprint density at radius 1 is 1.02 bits per heavy atom. The Hall–Kier alpha value is -4.27. The summed E-state index contributed by atoms with van der Waals surface area (Å²) < 4.78 is 47.2. The lowest BCUT2D eigenvalue weighted by molar-refractivity contribution is -0.143. The molecule has 59 heavy (non-hydrogen) atoms. The van der Waals surface area contributed by atoms with Crippen molar-refractivity contribution in [1.82, 2.24) is 25.4 Å². The fourth-order valence-electron chi connectivity index (χ4n) is 7.30. The highest BCUT2D eigenvalue weighted by Crippen LogP contribution is 2.34. The number of pyridine rings is 1. The van der Waals surface area contributed by atoms with Gasteiger partial charge in [0.25, 0.3) is 0 Å². The maximum Gasteiger partial charge on any atom is 0.405 e. The second-order valence-electron chi connectivity index (χ2n) is 14.4. The van der Waals surface area contributed by atoms with Gasteiger partial charge in [-0.15, -0.1) is 45.3 Å². The molecule has 6 aromatic rings. The van der Waals surface area contributed by atoms with Crippen LogP contribution >= 0.6 is 45.3 Å². The van der Waals surface area contributed by atoms with Crippen LogP contribution in [0, 0.1) is 5.92 Å². The van der Waals surface area contributed by atoms with Gasteiger partial charge in [-0.05, 0) is 65.6 Å². The number of ether oxygens (including phenoxy) is 1. The van der Waals surface area contributed by atoms with Gasteiger partial charge < -0.3 is 25.6 Å². The second kappa shape index (κ2) is 19.4. The van der Waals surface area contributed by atoms with E-state index in [4.69, 9.17) is 4.74 Å². The van der Waals surface area contributed by atoms with Gasteiger partial charge in [0.05, 0.1) is 25.1 Å². The van der Waals surface area contributed by atoms with Crippen molar-refractivity contribution in [3.05, 3.63) is 105 Å². The molecular weight excluding hydrogens is 844 g/mol. The summed E-state index contributed by atoms with van der Waals surface area (Å²) in [5.74, 6) is -1.33. The molecule has 2 aliphatic heterocycles. The SMILES string of the molecule is O=C(N[C@H]1c2ccccc2OC[C@H]1O)[C@H](Cc1cccnc1)C[C@H](O)CN1CCN(Cc2cc3ccsc3s2)C[C@H]1C(=O)NCC(F)(F)F.O=Cc1cc2ccsc2s1. The number of rotatable bonds is 13. The molecule has 0 aliphatic carbocycles. The third-order valence-corrected chi connectivity index (χ3v) is 14.4. The molecule has 7 heterocycles. The van der Waals surface area contributed by atoms with Crippen LogP contribution in [0.5, 0.6) is 5.75 Å². The number of β-amino-alcohol motifs (C(OH)–C–C–N with tert-alkyl or cyclic N) is 1. The minimum atomic E-state index is -4.57. The summed E-state index contributed by atoms with van der Waals surface area (Å²) in [4.78, 5) is 47.1. The molecule has 2 amide bonds. The Labute approximate surface area is 354 Å². The first-order valence-corrected chi connectivity index (χ1v) is 22.3. The molecule has 0 bridgehead atoms. The minimum Gasteiger partial charge on any atom is -0.490 e. The fraction of sp³-hybridized carbons (Fsp3) is 0.366. The number of aliphatic hydroxyl groups excluding tert-OH is 2. The molecule has 0 unspecified atom stereocenters. The highest BCUT2D eigenvalue weighted by atomic mass is 32.2. The van der Waals surface area contributed by atoms with E-state index in [1.54, 1.807) is 93.0 Å². The van der Waals surface area contributed by atoms with Gasteiger partial charge >= 0.3 is 6.18 Å². The zero-order chi connectivity index (χ0) is 41.5. The summed E-state index contributed by atoms with van der Waals surface area (Å²) in [5.41, 5.74) is 1.41. The molecule has 0 spiro atoms. The van der Waals surface area contributed by atoms with Gasteiger partial charge in [0.1, 0.15) is 31.0 Å². The molecule has 8 rings (SSSR count). The van der Waals surface area contributed by atoms with Crippen molar-refractivity contribution in [3.63, 3.8) is 0 Å². The van der Waals surface area contributed by atoms with Crippen LogP contribution in [0.15, 0.2) is 83.8 Å². The summed E-state index contributed by atoms with van der Waals surface area (Å²) in [6, 6.07) is 17.1. The first-order valence-electron chi connectivity index (χ1n) is 18.9. The number of nitrogens with zero attached hydrogens (tertiary/aromatic N) is 3. The lowest BCUT2D eigenvalue weighted by Crippen LogP contribution is -2.60. The van der Waals surface area contributed by atoms with E-state index in [2.05, 4.69) is 16.4 Å². The van der Waals surface area contributed by atoms with Crippen LogP contribution in [0.2, 0.25) is 0 Å². The first kappa shape index (κ1) is 42.8. The molecule has 1 aromatic carbocycles. The Balaban J connectivity index is 0.000000457. The van der Waals surface area contributed by atoms with Crippen molar-refractivity contribution in [2.75, 3.05) is 39.3 Å². The van der Waals surface area contributed by atoms with E-state index in [1.807, 2.05) is 45.2 Å². The smallest absolute Gasteiger partial charge is 0.405 e. The predicted molar refractivity (Wildman–Crippen MR) is 225 cm³/mol. The lowest BCUT2D eigenvalue weighted by atomic mass is 9.91. The Morgan fingerprint density at radius 2 is 1.78 bits per heavy atom. The number of para-hydroxylation sites is 1. The summed E-state index contributed by atoms with van der Waals surface area (Å²) >= 11 is 6.55. The third-order valence-electron chi connectivity index (χ3n) is 10.1. The van der Waals surface area contributed by atoms with Crippen LogP contribution in [-0.2, 0) is 22.6 Å². The number of aromatic nitrogens is 1. The molecule has 4 N–H and O–H groups in total. The maximum absolute atomic E-state index is 13.8. The van der Waals surface area contributed by atoms with Crippen molar-refractivity contribution in [2.24, 2.45) is 5.92 Å². The predicted octanol–water partition coefficient (Wildman–Crippen LogP) is 6.52. The van der Waals surface area contributed by atoms with Crippen LogP contribution in [0.4, 0.5) is 13.2 Å². The number of nitrogens with one attached hydrogen (secondary N) is 2. The van der Waals surface area contributed by atoms with Gasteiger partial charge in [-0.2, -0.15) is 13.2 Å². The molecule has 2 aliphatic rings. The van der Waals surface area contributed by atoms with Gasteiger partial charge in [0.15, 0.2) is 6.29 Å². The number of fused-ring (bicyclic) bond motifs is 3. The van der Waals surface area contributed by atoms with Gasteiger partial charge in [-0.25, -0.2) is 0 Å². The average molecular weight is 886 g/mol. The average Bonchev–Trinajstić information content (AvgIpc) is 4.02. The van der Waals surface area contributed by atoms with E-state index in [9.17, 15) is 37.8 Å². The van der Waals surface area contributed by atoms with E-state index in [1.165, 1.54) is 13.4 Å². The van der Waals surface area contributed by atoms with Crippen molar-refractivity contribution in [2.45, 2.75) is 49.9 Å². The van der Waals surface area contributed by atoms with Crippen molar-refractivity contribution in [1.29, 1.82) is 0 Å². The van der Waals surface area contributed by atoms with Crippen LogP contribution < -0.4 is 15.4 Å². The zero-order valence-corrected chi connectivity index (χ0v) is 34.8. The van der Waals surface area contributed by atoms with Crippen molar-refractivity contribution >= 4 is 82.2 Å². The second-order valence-corrected chi connectivity index (χ2v) is 19.0. The van der Waals surface area contributed by atoms with E-state index >= 15 is 0 Å². The number of carbonyl (C=O) groups is 3. The molecule has 312 valence electrons. The van der Waals surface area contributed by atoms with Crippen LogP contribution in [0.3, 0.4) is 0 Å². The van der Waals surface area contributed by atoms with Crippen LogP contribution in [-0.4, -0.2) is 107 Å². The number of hydrogen-bond donors (Lipinski definition) is 4. The topological polar surface area (TPSA) is 144 Å². The van der Waals surface area contributed by atoms with E-state index in [-0.39, 0.29) is 38.4 Å². The number of piperazine rings is 1. The quantitative estimate of drug-likeness (QED) is 0.0954. The standard InChI is InChI=1S/C34H38F3N5O5S2.C7H4OS2/c35-34(36,37)20-39-32(46)27-18-41(17-25-14-22-7-11-48-33(22)49-25)9-10-42(27)16-24(43)13-23(12-21-4-3-8-38-15-21)31(45)40-30-26-5-1-2-6-29(26)47-19-28(30)44;8-4-6-3-5-1-2-9-7(5)10-6/h1-8,11,14-15,23-24,27-28,30,43-44H,9-10,12-13,16-20H2,(H,39,46)(H,40,45);1-4H/t23-,24+,27+,28-,30+;/m1./s1. The number of aldehydes is 1. The van der Waals surface area contributed by atoms with E-state index in [0.717, 1.165) is 27.0 Å². The molecule has 18 heteroatoms. The Kier molecular flexibility index (Phi) is 14.1.